The van der Waals surface area contributed by atoms with E-state index in [1.165, 1.54) is 18.2 Å². The van der Waals surface area contributed by atoms with E-state index >= 15 is 0 Å². The van der Waals surface area contributed by atoms with Gasteiger partial charge in [-0.1, -0.05) is 0 Å². The van der Waals surface area contributed by atoms with Crippen LogP contribution in [0.5, 0.6) is 0 Å². The summed E-state index contributed by atoms with van der Waals surface area (Å²) in [4.78, 5) is 21.8. The van der Waals surface area contributed by atoms with Gasteiger partial charge in [0.25, 0.3) is 5.69 Å². The Labute approximate surface area is 110 Å². The highest BCUT2D eigenvalue weighted by Crippen LogP contribution is 2.25. The number of rotatable bonds is 5. The molecule has 0 spiro atoms. The zero-order valence-corrected chi connectivity index (χ0v) is 10.6. The molecule has 1 aromatic rings. The Morgan fingerprint density at radius 3 is 2.74 bits per heavy atom. The summed E-state index contributed by atoms with van der Waals surface area (Å²) < 4.78 is 0. The molecule has 1 aliphatic carbocycles. The quantitative estimate of drug-likeness (QED) is 0.421. The van der Waals surface area contributed by atoms with Crippen LogP contribution in [-0.2, 0) is 4.79 Å². The number of benzene rings is 1. The molecule has 1 amide bonds. The summed E-state index contributed by atoms with van der Waals surface area (Å²) in [5, 5.41) is 16.5. The standard InChI is InChI=1S/C12H16N4O3/c1-7(12(17)15-8-2-3-8)14-9-4-5-11(16(18)19)10(13)6-9/h4-8,14H,2-3,13H2,1H3,(H,15,17). The number of carbonyl (C=O) groups excluding carboxylic acids is 1. The van der Waals surface area contributed by atoms with Gasteiger partial charge >= 0.3 is 0 Å². The van der Waals surface area contributed by atoms with E-state index in [9.17, 15) is 14.9 Å². The van der Waals surface area contributed by atoms with Crippen LogP contribution in [0.3, 0.4) is 0 Å². The number of nitrogen functional groups attached to an aromatic ring is 1. The zero-order chi connectivity index (χ0) is 14.0. The number of carbonyl (C=O) groups is 1. The second-order valence-electron chi connectivity index (χ2n) is 4.68. The first-order valence-electron chi connectivity index (χ1n) is 6.08. The van der Waals surface area contributed by atoms with Crippen LogP contribution in [0.1, 0.15) is 19.8 Å². The largest absolute Gasteiger partial charge is 0.393 e. The van der Waals surface area contributed by atoms with Gasteiger partial charge in [-0.05, 0) is 31.9 Å². The van der Waals surface area contributed by atoms with E-state index < -0.39 is 11.0 Å². The van der Waals surface area contributed by atoms with Crippen molar-refractivity contribution in [2.45, 2.75) is 31.8 Å². The van der Waals surface area contributed by atoms with Gasteiger partial charge in [0.15, 0.2) is 0 Å². The Morgan fingerprint density at radius 2 is 2.21 bits per heavy atom. The van der Waals surface area contributed by atoms with Gasteiger partial charge in [0.1, 0.15) is 11.7 Å². The predicted molar refractivity (Wildman–Crippen MR) is 71.8 cm³/mol. The van der Waals surface area contributed by atoms with Crippen LogP contribution < -0.4 is 16.4 Å². The van der Waals surface area contributed by atoms with E-state index in [1.807, 2.05) is 0 Å². The van der Waals surface area contributed by atoms with Gasteiger partial charge in [-0.2, -0.15) is 0 Å². The van der Waals surface area contributed by atoms with Crippen LogP contribution in [0.2, 0.25) is 0 Å². The number of nitro benzene ring substituents is 1. The number of anilines is 2. The maximum Gasteiger partial charge on any atom is 0.292 e. The normalized spacial score (nSPS) is 15.6. The van der Waals surface area contributed by atoms with Crippen LogP contribution >= 0.6 is 0 Å². The van der Waals surface area contributed by atoms with E-state index in [2.05, 4.69) is 10.6 Å². The molecule has 19 heavy (non-hydrogen) atoms. The summed E-state index contributed by atoms with van der Waals surface area (Å²) in [5.74, 6) is -0.0839. The summed E-state index contributed by atoms with van der Waals surface area (Å²) >= 11 is 0. The van der Waals surface area contributed by atoms with E-state index in [-0.39, 0.29) is 17.3 Å². The van der Waals surface area contributed by atoms with Gasteiger partial charge in [0, 0.05) is 17.8 Å². The molecular weight excluding hydrogens is 248 g/mol. The molecule has 2 rings (SSSR count). The molecule has 1 aromatic carbocycles. The zero-order valence-electron chi connectivity index (χ0n) is 10.6. The highest BCUT2D eigenvalue weighted by atomic mass is 16.6. The third-order valence-electron chi connectivity index (χ3n) is 2.92. The molecule has 1 atom stereocenters. The molecule has 7 heteroatoms. The Hall–Kier alpha value is -2.31. The van der Waals surface area contributed by atoms with Gasteiger partial charge in [0.2, 0.25) is 5.91 Å². The molecule has 0 heterocycles. The average molecular weight is 264 g/mol. The van der Waals surface area contributed by atoms with E-state index in [0.717, 1.165) is 12.8 Å². The fraction of sp³-hybridized carbons (Fsp3) is 0.417. The molecular formula is C12H16N4O3. The third-order valence-corrected chi connectivity index (χ3v) is 2.92. The Morgan fingerprint density at radius 1 is 1.53 bits per heavy atom. The fourth-order valence-corrected chi connectivity index (χ4v) is 1.68. The Bertz CT molecular complexity index is 514. The minimum Gasteiger partial charge on any atom is -0.393 e. The van der Waals surface area contributed by atoms with Crippen molar-refractivity contribution < 1.29 is 9.72 Å². The third kappa shape index (κ3) is 3.34. The summed E-state index contributed by atoms with van der Waals surface area (Å²) in [5.41, 5.74) is 6.10. The fourth-order valence-electron chi connectivity index (χ4n) is 1.68. The number of hydrogen-bond acceptors (Lipinski definition) is 5. The number of amides is 1. The van der Waals surface area contributed by atoms with Gasteiger partial charge in [-0.25, -0.2) is 0 Å². The number of hydrogen-bond donors (Lipinski definition) is 3. The van der Waals surface area contributed by atoms with Crippen molar-refractivity contribution in [3.05, 3.63) is 28.3 Å². The number of nitrogens with one attached hydrogen (secondary N) is 2. The van der Waals surface area contributed by atoms with Crippen molar-refractivity contribution >= 4 is 23.0 Å². The molecule has 1 fully saturated rings. The van der Waals surface area contributed by atoms with Crippen molar-refractivity contribution in [3.8, 4) is 0 Å². The number of nitrogens with two attached hydrogens (primary N) is 1. The predicted octanol–water partition coefficient (Wildman–Crippen LogP) is 1.26. The lowest BCUT2D eigenvalue weighted by Gasteiger charge is -2.15. The van der Waals surface area contributed by atoms with Gasteiger partial charge in [0.05, 0.1) is 4.92 Å². The van der Waals surface area contributed by atoms with Crippen LogP contribution in [-0.4, -0.2) is 22.9 Å². The maximum atomic E-state index is 11.7. The monoisotopic (exact) mass is 264 g/mol. The second kappa shape index (κ2) is 5.13. The Balaban J connectivity index is 1.99. The highest BCUT2D eigenvalue weighted by molar-refractivity contribution is 5.85. The van der Waals surface area contributed by atoms with E-state index in [1.54, 1.807) is 6.92 Å². The number of nitrogens with zero attached hydrogens (tertiary/aromatic N) is 1. The van der Waals surface area contributed by atoms with Crippen LogP contribution in [0, 0.1) is 10.1 Å². The summed E-state index contributed by atoms with van der Waals surface area (Å²) in [6.07, 6.45) is 2.06. The summed E-state index contributed by atoms with van der Waals surface area (Å²) in [6.45, 7) is 1.73. The second-order valence-corrected chi connectivity index (χ2v) is 4.68. The molecule has 0 aromatic heterocycles. The lowest BCUT2D eigenvalue weighted by molar-refractivity contribution is -0.383. The van der Waals surface area contributed by atoms with Crippen LogP contribution in [0.25, 0.3) is 0 Å². The van der Waals surface area contributed by atoms with Gasteiger partial charge in [-0.3, -0.25) is 14.9 Å². The lowest BCUT2D eigenvalue weighted by Crippen LogP contribution is -2.38. The summed E-state index contributed by atoms with van der Waals surface area (Å²) in [7, 11) is 0. The van der Waals surface area contributed by atoms with E-state index in [4.69, 9.17) is 5.73 Å². The number of nitro groups is 1. The van der Waals surface area contributed by atoms with Crippen molar-refractivity contribution in [2.24, 2.45) is 0 Å². The minimum atomic E-state index is -0.539. The molecule has 7 nitrogen and oxygen atoms in total. The Kier molecular flexibility index (Phi) is 3.55. The molecule has 1 unspecified atom stereocenters. The maximum absolute atomic E-state index is 11.7. The van der Waals surface area contributed by atoms with Crippen LogP contribution in [0.15, 0.2) is 18.2 Å². The first-order valence-corrected chi connectivity index (χ1v) is 6.08. The molecule has 1 saturated carbocycles. The molecule has 4 N–H and O–H groups in total. The van der Waals surface area contributed by atoms with Crippen molar-refractivity contribution in [1.29, 1.82) is 0 Å². The lowest BCUT2D eigenvalue weighted by atomic mass is 10.2. The van der Waals surface area contributed by atoms with E-state index in [0.29, 0.717) is 11.7 Å². The van der Waals surface area contributed by atoms with Crippen molar-refractivity contribution in [1.82, 2.24) is 5.32 Å². The molecule has 0 bridgehead atoms. The molecule has 0 aliphatic heterocycles. The van der Waals surface area contributed by atoms with Crippen molar-refractivity contribution in [2.75, 3.05) is 11.1 Å². The minimum absolute atomic E-state index is 0.0739. The molecule has 102 valence electrons. The van der Waals surface area contributed by atoms with Gasteiger partial charge in [-0.15, -0.1) is 0 Å². The topological polar surface area (TPSA) is 110 Å². The first-order chi connectivity index (χ1) is 8.97. The van der Waals surface area contributed by atoms with Gasteiger partial charge < -0.3 is 16.4 Å². The summed E-state index contributed by atoms with van der Waals surface area (Å²) in [6, 6.07) is 4.21. The average Bonchev–Trinajstić information content (AvgIpc) is 3.12. The molecule has 0 saturated heterocycles. The highest BCUT2D eigenvalue weighted by Gasteiger charge is 2.25. The molecule has 0 radical (unpaired) electrons. The molecule has 1 aliphatic rings. The first kappa shape index (κ1) is 13.1. The SMILES string of the molecule is CC(Nc1ccc([N+](=O)[O-])c(N)c1)C(=O)NC1CC1. The van der Waals surface area contributed by atoms with Crippen LogP contribution in [0.4, 0.5) is 17.1 Å². The smallest absolute Gasteiger partial charge is 0.292 e. The van der Waals surface area contributed by atoms with Crippen molar-refractivity contribution in [3.63, 3.8) is 0 Å².